The van der Waals surface area contributed by atoms with Crippen LogP contribution >= 0.6 is 31.9 Å². The molecular weight excluding hydrogens is 430 g/mol. The van der Waals surface area contributed by atoms with Gasteiger partial charge in [0, 0.05) is 4.47 Å². The second-order valence-corrected chi connectivity index (χ2v) is 6.16. The van der Waals surface area contributed by atoms with Crippen LogP contribution in [0.15, 0.2) is 51.4 Å². The van der Waals surface area contributed by atoms with E-state index in [-0.39, 0.29) is 12.5 Å². The lowest BCUT2D eigenvalue weighted by Crippen LogP contribution is -2.20. The van der Waals surface area contributed by atoms with E-state index in [1.54, 1.807) is 24.3 Å². The van der Waals surface area contributed by atoms with Gasteiger partial charge in [-0.3, -0.25) is 4.79 Å². The first-order chi connectivity index (χ1) is 11.0. The number of hydrogen-bond acceptors (Lipinski definition) is 4. The molecule has 5 nitrogen and oxygen atoms in total. The van der Waals surface area contributed by atoms with Gasteiger partial charge in [-0.15, -0.1) is 0 Å². The Morgan fingerprint density at radius 2 is 1.83 bits per heavy atom. The topological polar surface area (TPSA) is 64.6 Å². The predicted molar refractivity (Wildman–Crippen MR) is 93.7 cm³/mol. The largest absolute Gasteiger partial charge is 0.483 e. The van der Waals surface area contributed by atoms with E-state index in [0.717, 1.165) is 4.47 Å². The lowest BCUT2D eigenvalue weighted by Gasteiger charge is -2.10. The number of ether oxygens (including phenoxy) is 2. The average molecular weight is 443 g/mol. The number of carbonyl (C=O) groups excluding carboxylic acids is 2. The molecule has 2 aromatic carbocycles. The van der Waals surface area contributed by atoms with Crippen LogP contribution in [0.2, 0.25) is 0 Å². The number of halogens is 2. The Kier molecular flexibility index (Phi) is 6.18. The molecule has 1 N–H and O–H groups in total. The quantitative estimate of drug-likeness (QED) is 0.710. The van der Waals surface area contributed by atoms with Crippen LogP contribution in [0.4, 0.5) is 5.69 Å². The Morgan fingerprint density at radius 1 is 1.09 bits per heavy atom. The molecule has 23 heavy (non-hydrogen) atoms. The molecule has 0 aliphatic heterocycles. The maximum Gasteiger partial charge on any atom is 0.337 e. The van der Waals surface area contributed by atoms with Crippen molar-refractivity contribution in [2.24, 2.45) is 0 Å². The van der Waals surface area contributed by atoms with Crippen LogP contribution in [-0.2, 0) is 9.53 Å². The van der Waals surface area contributed by atoms with Crippen LogP contribution in [0.5, 0.6) is 5.75 Å². The van der Waals surface area contributed by atoms with Crippen molar-refractivity contribution in [1.29, 1.82) is 0 Å². The van der Waals surface area contributed by atoms with E-state index in [0.29, 0.717) is 21.5 Å². The van der Waals surface area contributed by atoms with Crippen molar-refractivity contribution in [2.75, 3.05) is 19.0 Å². The van der Waals surface area contributed by atoms with Gasteiger partial charge in [0.25, 0.3) is 5.91 Å². The van der Waals surface area contributed by atoms with Crippen molar-refractivity contribution in [1.82, 2.24) is 0 Å². The number of amides is 1. The van der Waals surface area contributed by atoms with Crippen molar-refractivity contribution in [3.8, 4) is 5.75 Å². The Hall–Kier alpha value is -1.86. The summed E-state index contributed by atoms with van der Waals surface area (Å²) in [5.74, 6) is -0.273. The van der Waals surface area contributed by atoms with Gasteiger partial charge in [0.1, 0.15) is 5.75 Å². The fraction of sp³-hybridized carbons (Fsp3) is 0.125. The molecule has 0 radical (unpaired) electrons. The zero-order valence-electron chi connectivity index (χ0n) is 12.1. The van der Waals surface area contributed by atoms with E-state index < -0.39 is 5.97 Å². The first kappa shape index (κ1) is 17.5. The number of rotatable bonds is 5. The van der Waals surface area contributed by atoms with Crippen molar-refractivity contribution < 1.29 is 19.1 Å². The maximum atomic E-state index is 11.9. The van der Waals surface area contributed by atoms with Gasteiger partial charge < -0.3 is 14.8 Å². The van der Waals surface area contributed by atoms with Crippen molar-refractivity contribution in [3.63, 3.8) is 0 Å². The highest BCUT2D eigenvalue weighted by Crippen LogP contribution is 2.26. The Balaban J connectivity index is 1.97. The molecule has 0 saturated heterocycles. The summed E-state index contributed by atoms with van der Waals surface area (Å²) in [7, 11) is 1.31. The van der Waals surface area contributed by atoms with Gasteiger partial charge in [-0.2, -0.15) is 0 Å². The lowest BCUT2D eigenvalue weighted by molar-refractivity contribution is -0.118. The van der Waals surface area contributed by atoms with Gasteiger partial charge in [-0.25, -0.2) is 4.79 Å². The van der Waals surface area contributed by atoms with E-state index >= 15 is 0 Å². The first-order valence-corrected chi connectivity index (χ1v) is 8.15. The highest BCUT2D eigenvalue weighted by atomic mass is 79.9. The van der Waals surface area contributed by atoms with Crippen LogP contribution in [-0.4, -0.2) is 25.6 Å². The molecule has 7 heteroatoms. The van der Waals surface area contributed by atoms with E-state index in [4.69, 9.17) is 4.74 Å². The molecule has 120 valence electrons. The zero-order chi connectivity index (χ0) is 16.8. The Labute approximate surface area is 150 Å². The summed E-state index contributed by atoms with van der Waals surface area (Å²) in [5.41, 5.74) is 1.06. The number of methoxy groups -OCH3 is 1. The monoisotopic (exact) mass is 441 g/mol. The molecule has 0 aliphatic rings. The van der Waals surface area contributed by atoms with E-state index in [1.807, 2.05) is 18.2 Å². The molecule has 0 bridgehead atoms. The third-order valence-corrected chi connectivity index (χ3v) is 4.17. The summed E-state index contributed by atoms with van der Waals surface area (Å²) in [5, 5.41) is 2.74. The SMILES string of the molecule is COC(=O)c1ccc(OCC(=O)Nc2ccccc2Br)c(Br)c1. The van der Waals surface area contributed by atoms with E-state index in [1.165, 1.54) is 7.11 Å². The minimum atomic E-state index is -0.441. The number of esters is 1. The highest BCUT2D eigenvalue weighted by Gasteiger charge is 2.11. The summed E-state index contributed by atoms with van der Waals surface area (Å²) >= 11 is 6.66. The number of nitrogens with one attached hydrogen (secondary N) is 1. The van der Waals surface area contributed by atoms with Crippen molar-refractivity contribution >= 4 is 49.4 Å². The normalized spacial score (nSPS) is 10.0. The molecule has 0 atom stereocenters. The minimum Gasteiger partial charge on any atom is -0.483 e. The van der Waals surface area contributed by atoms with Crippen LogP contribution in [0.1, 0.15) is 10.4 Å². The number of anilines is 1. The summed E-state index contributed by atoms with van der Waals surface area (Å²) in [6, 6.07) is 12.0. The number of benzene rings is 2. The standard InChI is InChI=1S/C16H13Br2NO4/c1-22-16(21)10-6-7-14(12(18)8-10)23-9-15(20)19-13-5-3-2-4-11(13)17/h2-8H,9H2,1H3,(H,19,20). The molecule has 2 rings (SSSR count). The molecule has 0 unspecified atom stereocenters. The van der Waals surface area contributed by atoms with Crippen LogP contribution in [0, 0.1) is 0 Å². The number of hydrogen-bond donors (Lipinski definition) is 1. The third-order valence-electron chi connectivity index (χ3n) is 2.86. The molecular formula is C16H13Br2NO4. The summed E-state index contributed by atoms with van der Waals surface area (Å²) in [6.45, 7) is -0.155. The second kappa shape index (κ2) is 8.12. The fourth-order valence-electron chi connectivity index (χ4n) is 1.75. The molecule has 1 amide bonds. The summed E-state index contributed by atoms with van der Waals surface area (Å²) in [4.78, 5) is 23.4. The average Bonchev–Trinajstić information content (AvgIpc) is 2.55. The van der Waals surface area contributed by atoms with Crippen LogP contribution < -0.4 is 10.1 Å². The first-order valence-electron chi connectivity index (χ1n) is 6.56. The Bertz CT molecular complexity index is 734. The highest BCUT2D eigenvalue weighted by molar-refractivity contribution is 9.11. The molecule has 0 heterocycles. The minimum absolute atomic E-state index is 0.155. The molecule has 0 aromatic heterocycles. The van der Waals surface area contributed by atoms with Gasteiger partial charge in [0.05, 0.1) is 22.8 Å². The van der Waals surface area contributed by atoms with Gasteiger partial charge >= 0.3 is 5.97 Å². The van der Waals surface area contributed by atoms with E-state index in [9.17, 15) is 9.59 Å². The zero-order valence-corrected chi connectivity index (χ0v) is 15.3. The predicted octanol–water partition coefficient (Wildman–Crippen LogP) is 4.02. The molecule has 0 aliphatic carbocycles. The molecule has 0 saturated carbocycles. The summed E-state index contributed by atoms with van der Waals surface area (Å²) < 4.78 is 11.4. The fourth-order valence-corrected chi connectivity index (χ4v) is 2.63. The van der Waals surface area contributed by atoms with Gasteiger partial charge in [-0.1, -0.05) is 12.1 Å². The molecule has 2 aromatic rings. The van der Waals surface area contributed by atoms with Crippen molar-refractivity contribution in [3.05, 3.63) is 57.0 Å². The maximum absolute atomic E-state index is 11.9. The number of carbonyl (C=O) groups is 2. The van der Waals surface area contributed by atoms with Gasteiger partial charge in [-0.05, 0) is 62.2 Å². The van der Waals surface area contributed by atoms with Crippen molar-refractivity contribution in [2.45, 2.75) is 0 Å². The lowest BCUT2D eigenvalue weighted by atomic mass is 10.2. The van der Waals surface area contributed by atoms with Gasteiger partial charge in [0.15, 0.2) is 6.61 Å². The number of para-hydroxylation sites is 1. The smallest absolute Gasteiger partial charge is 0.337 e. The molecule has 0 fully saturated rings. The van der Waals surface area contributed by atoms with Gasteiger partial charge in [0.2, 0.25) is 0 Å². The molecule has 0 spiro atoms. The Morgan fingerprint density at radius 3 is 2.48 bits per heavy atom. The van der Waals surface area contributed by atoms with Crippen LogP contribution in [0.25, 0.3) is 0 Å². The van der Waals surface area contributed by atoms with E-state index in [2.05, 4.69) is 41.9 Å². The van der Waals surface area contributed by atoms with Crippen LogP contribution in [0.3, 0.4) is 0 Å². The second-order valence-electron chi connectivity index (χ2n) is 4.45. The summed E-state index contributed by atoms with van der Waals surface area (Å²) in [6.07, 6.45) is 0. The third kappa shape index (κ3) is 4.80.